The fraction of sp³-hybridized carbons (Fsp3) is 0.533. The SMILES string of the molecule is CC(NCCN(C)C(C)C)c1ccc(NC(N)=O)cc1. The predicted molar refractivity (Wildman–Crippen MR) is 83.8 cm³/mol. The van der Waals surface area contributed by atoms with Crippen molar-refractivity contribution in [3.05, 3.63) is 29.8 Å². The summed E-state index contributed by atoms with van der Waals surface area (Å²) in [4.78, 5) is 13.0. The topological polar surface area (TPSA) is 70.4 Å². The number of amides is 2. The second-order valence-electron chi connectivity index (χ2n) is 5.36. The molecule has 1 aromatic rings. The number of hydrogen-bond acceptors (Lipinski definition) is 3. The van der Waals surface area contributed by atoms with E-state index in [9.17, 15) is 4.79 Å². The van der Waals surface area contributed by atoms with Gasteiger partial charge in [-0.05, 0) is 45.5 Å². The normalized spacial score (nSPS) is 12.7. The number of nitrogens with two attached hydrogens (primary N) is 1. The van der Waals surface area contributed by atoms with Crippen LogP contribution < -0.4 is 16.4 Å². The lowest BCUT2D eigenvalue weighted by atomic mass is 10.1. The summed E-state index contributed by atoms with van der Waals surface area (Å²) in [5.41, 5.74) is 6.98. The Labute approximate surface area is 121 Å². The highest BCUT2D eigenvalue weighted by atomic mass is 16.2. The van der Waals surface area contributed by atoms with Gasteiger partial charge in [0, 0.05) is 30.9 Å². The first-order chi connectivity index (χ1) is 9.40. The molecule has 0 fully saturated rings. The molecule has 0 heterocycles. The first kappa shape index (κ1) is 16.5. The van der Waals surface area contributed by atoms with Gasteiger partial charge in [0.25, 0.3) is 0 Å². The van der Waals surface area contributed by atoms with Gasteiger partial charge < -0.3 is 21.3 Å². The Morgan fingerprint density at radius 3 is 2.35 bits per heavy atom. The molecule has 0 saturated carbocycles. The molecule has 0 aliphatic heterocycles. The van der Waals surface area contributed by atoms with Crippen LogP contribution >= 0.6 is 0 Å². The van der Waals surface area contributed by atoms with E-state index in [1.165, 1.54) is 5.56 Å². The van der Waals surface area contributed by atoms with Crippen molar-refractivity contribution in [3.8, 4) is 0 Å². The molecule has 112 valence electrons. The number of hydrogen-bond donors (Lipinski definition) is 3. The number of primary amides is 1. The quantitative estimate of drug-likeness (QED) is 0.716. The van der Waals surface area contributed by atoms with Crippen LogP contribution in [0.15, 0.2) is 24.3 Å². The van der Waals surface area contributed by atoms with Crippen LogP contribution in [-0.4, -0.2) is 37.1 Å². The molecule has 0 aliphatic rings. The average Bonchev–Trinajstić information content (AvgIpc) is 2.38. The maximum atomic E-state index is 10.7. The van der Waals surface area contributed by atoms with E-state index in [1.54, 1.807) is 0 Å². The Kier molecular flexibility index (Phi) is 6.48. The van der Waals surface area contributed by atoms with Gasteiger partial charge in [0.05, 0.1) is 0 Å². The molecule has 0 spiro atoms. The van der Waals surface area contributed by atoms with E-state index in [1.807, 2.05) is 24.3 Å². The van der Waals surface area contributed by atoms with Crippen LogP contribution in [0.25, 0.3) is 0 Å². The third kappa shape index (κ3) is 5.59. The Morgan fingerprint density at radius 2 is 1.85 bits per heavy atom. The number of likely N-dealkylation sites (N-methyl/N-ethyl adjacent to an activating group) is 1. The molecule has 4 N–H and O–H groups in total. The largest absolute Gasteiger partial charge is 0.351 e. The molecule has 1 atom stereocenters. The summed E-state index contributed by atoms with van der Waals surface area (Å²) in [6.45, 7) is 8.47. The summed E-state index contributed by atoms with van der Waals surface area (Å²) in [7, 11) is 2.13. The van der Waals surface area contributed by atoms with E-state index in [0.717, 1.165) is 13.1 Å². The molecule has 5 heteroatoms. The lowest BCUT2D eigenvalue weighted by Gasteiger charge is -2.22. The number of benzene rings is 1. The van der Waals surface area contributed by atoms with Gasteiger partial charge in [-0.3, -0.25) is 0 Å². The molecule has 0 bridgehead atoms. The van der Waals surface area contributed by atoms with Crippen molar-refractivity contribution in [2.24, 2.45) is 5.73 Å². The molecule has 2 amide bonds. The smallest absolute Gasteiger partial charge is 0.316 e. The van der Waals surface area contributed by atoms with Crippen molar-refractivity contribution < 1.29 is 4.79 Å². The fourth-order valence-electron chi connectivity index (χ4n) is 1.83. The highest BCUT2D eigenvalue weighted by Crippen LogP contribution is 2.15. The van der Waals surface area contributed by atoms with E-state index < -0.39 is 6.03 Å². The zero-order valence-corrected chi connectivity index (χ0v) is 12.8. The molecule has 0 aliphatic carbocycles. The van der Waals surface area contributed by atoms with E-state index >= 15 is 0 Å². The number of urea groups is 1. The monoisotopic (exact) mass is 278 g/mol. The van der Waals surface area contributed by atoms with E-state index in [2.05, 4.69) is 43.4 Å². The Balaban J connectivity index is 2.43. The van der Waals surface area contributed by atoms with Gasteiger partial charge in [-0.15, -0.1) is 0 Å². The number of nitrogens with one attached hydrogen (secondary N) is 2. The molecule has 5 nitrogen and oxygen atoms in total. The van der Waals surface area contributed by atoms with Crippen molar-refractivity contribution >= 4 is 11.7 Å². The number of carbonyl (C=O) groups is 1. The van der Waals surface area contributed by atoms with Crippen molar-refractivity contribution in [1.29, 1.82) is 0 Å². The third-order valence-electron chi connectivity index (χ3n) is 3.47. The van der Waals surface area contributed by atoms with Gasteiger partial charge in [-0.2, -0.15) is 0 Å². The van der Waals surface area contributed by atoms with E-state index in [4.69, 9.17) is 5.73 Å². The van der Waals surface area contributed by atoms with Crippen molar-refractivity contribution in [1.82, 2.24) is 10.2 Å². The molecule has 0 saturated heterocycles. The highest BCUT2D eigenvalue weighted by Gasteiger charge is 2.07. The number of carbonyl (C=O) groups excluding carboxylic acids is 1. The first-order valence-corrected chi connectivity index (χ1v) is 7.00. The van der Waals surface area contributed by atoms with Crippen LogP contribution in [0.3, 0.4) is 0 Å². The van der Waals surface area contributed by atoms with Gasteiger partial charge in [0.1, 0.15) is 0 Å². The second kappa shape index (κ2) is 7.87. The summed E-state index contributed by atoms with van der Waals surface area (Å²) >= 11 is 0. The Hall–Kier alpha value is -1.59. The van der Waals surface area contributed by atoms with Gasteiger partial charge in [-0.1, -0.05) is 12.1 Å². The summed E-state index contributed by atoms with van der Waals surface area (Å²) in [5.74, 6) is 0. The highest BCUT2D eigenvalue weighted by molar-refractivity contribution is 5.87. The molecule has 0 radical (unpaired) electrons. The number of rotatable bonds is 7. The minimum atomic E-state index is -0.541. The summed E-state index contributed by atoms with van der Waals surface area (Å²) in [5, 5.41) is 6.04. The molecule has 1 unspecified atom stereocenters. The van der Waals surface area contributed by atoms with Crippen LogP contribution in [-0.2, 0) is 0 Å². The summed E-state index contributed by atoms with van der Waals surface area (Å²) < 4.78 is 0. The van der Waals surface area contributed by atoms with Gasteiger partial charge in [-0.25, -0.2) is 4.79 Å². The summed E-state index contributed by atoms with van der Waals surface area (Å²) in [6.07, 6.45) is 0. The lowest BCUT2D eigenvalue weighted by Crippen LogP contribution is -2.34. The molecule has 1 rings (SSSR count). The van der Waals surface area contributed by atoms with Crippen molar-refractivity contribution in [2.45, 2.75) is 32.9 Å². The van der Waals surface area contributed by atoms with Crippen LogP contribution in [0.2, 0.25) is 0 Å². The number of nitrogens with zero attached hydrogens (tertiary/aromatic N) is 1. The van der Waals surface area contributed by atoms with Gasteiger partial charge >= 0.3 is 6.03 Å². The van der Waals surface area contributed by atoms with Crippen molar-refractivity contribution in [3.63, 3.8) is 0 Å². The lowest BCUT2D eigenvalue weighted by molar-refractivity contribution is 0.259. The molecular formula is C15H26N4O. The maximum Gasteiger partial charge on any atom is 0.316 e. The number of anilines is 1. The van der Waals surface area contributed by atoms with E-state index in [0.29, 0.717) is 11.7 Å². The van der Waals surface area contributed by atoms with Crippen LogP contribution in [0, 0.1) is 0 Å². The summed E-state index contributed by atoms with van der Waals surface area (Å²) in [6, 6.07) is 8.01. The predicted octanol–water partition coefficient (Wildman–Crippen LogP) is 2.17. The molecular weight excluding hydrogens is 252 g/mol. The Bertz CT molecular complexity index is 416. The van der Waals surface area contributed by atoms with Crippen molar-refractivity contribution in [2.75, 3.05) is 25.5 Å². The van der Waals surface area contributed by atoms with Gasteiger partial charge in [0.15, 0.2) is 0 Å². The van der Waals surface area contributed by atoms with Crippen LogP contribution in [0.4, 0.5) is 10.5 Å². The standard InChI is InChI=1S/C15H26N4O/c1-11(2)19(4)10-9-17-12(3)13-5-7-14(8-6-13)18-15(16)20/h5-8,11-12,17H,9-10H2,1-4H3,(H3,16,18,20). The minimum Gasteiger partial charge on any atom is -0.351 e. The molecule has 1 aromatic carbocycles. The van der Waals surface area contributed by atoms with E-state index in [-0.39, 0.29) is 6.04 Å². The average molecular weight is 278 g/mol. The Morgan fingerprint density at radius 1 is 1.25 bits per heavy atom. The van der Waals surface area contributed by atoms with Crippen LogP contribution in [0.5, 0.6) is 0 Å². The second-order valence-corrected chi connectivity index (χ2v) is 5.36. The first-order valence-electron chi connectivity index (χ1n) is 7.00. The zero-order valence-electron chi connectivity index (χ0n) is 12.8. The van der Waals surface area contributed by atoms with Crippen LogP contribution in [0.1, 0.15) is 32.4 Å². The third-order valence-corrected chi connectivity index (χ3v) is 3.47. The zero-order chi connectivity index (χ0) is 15.1. The maximum absolute atomic E-state index is 10.7. The minimum absolute atomic E-state index is 0.276. The fourth-order valence-corrected chi connectivity index (χ4v) is 1.83. The molecule has 20 heavy (non-hydrogen) atoms. The van der Waals surface area contributed by atoms with Gasteiger partial charge in [0.2, 0.25) is 0 Å². The molecule has 0 aromatic heterocycles.